The highest BCUT2D eigenvalue weighted by Gasteiger charge is 2.40. The molecule has 2 aromatic carbocycles. The summed E-state index contributed by atoms with van der Waals surface area (Å²) < 4.78 is 97.4. The molecule has 2 amide bonds. The lowest BCUT2D eigenvalue weighted by atomic mass is 10.2. The van der Waals surface area contributed by atoms with Crippen molar-refractivity contribution in [1.29, 1.82) is 0 Å². The molecule has 0 heterocycles. The Hall–Kier alpha value is -2.40. The number of carbonyl (C=O) groups excluding carboxylic acids is 2. The fourth-order valence-electron chi connectivity index (χ4n) is 2.56. The molecule has 0 unspecified atom stereocenters. The minimum atomic E-state index is -5.14. The van der Waals surface area contributed by atoms with Gasteiger partial charge in [0.15, 0.2) is 5.75 Å². The molecule has 0 radical (unpaired) electrons. The maximum Gasteiger partial charge on any atom is 0.471 e. The van der Waals surface area contributed by atoms with E-state index < -0.39 is 24.2 Å². The van der Waals surface area contributed by atoms with Gasteiger partial charge in [-0.15, -0.1) is 0 Å². The molecule has 0 spiro atoms. The van der Waals surface area contributed by atoms with E-state index in [0.717, 1.165) is 18.2 Å². The first-order chi connectivity index (χ1) is 17.1. The van der Waals surface area contributed by atoms with Crippen LogP contribution in [0.25, 0.3) is 0 Å². The Balaban J connectivity index is 2.19. The number of anilines is 2. The number of amides is 2. The van der Waals surface area contributed by atoms with Crippen LogP contribution in [0, 0.1) is 0 Å². The Kier molecular flexibility index (Phi) is 10.4. The van der Waals surface area contributed by atoms with Gasteiger partial charge in [-0.1, -0.05) is 0 Å². The molecule has 8 nitrogen and oxygen atoms in total. The van der Waals surface area contributed by atoms with Crippen molar-refractivity contribution < 1.29 is 54.9 Å². The molecule has 2 rings (SSSR count). The number of methoxy groups -OCH3 is 2. The normalized spacial score (nSPS) is 11.5. The van der Waals surface area contributed by atoms with E-state index in [9.17, 15) is 35.9 Å². The lowest BCUT2D eigenvalue weighted by Crippen LogP contribution is -2.30. The average molecular weight is 733 g/mol. The van der Waals surface area contributed by atoms with Crippen molar-refractivity contribution in [2.75, 3.05) is 38.1 Å². The SMILES string of the molecule is COc1cc(NC(=O)C(F)(F)F)cc(OCCOc2cc(NC(=O)C(F)(F)F)c(Br)c(OC)c2Br)c1Br. The van der Waals surface area contributed by atoms with Crippen LogP contribution in [0.15, 0.2) is 31.6 Å². The van der Waals surface area contributed by atoms with Crippen LogP contribution in [0.4, 0.5) is 37.7 Å². The summed E-state index contributed by atoms with van der Waals surface area (Å²) in [7, 11) is 2.48. The monoisotopic (exact) mass is 730 g/mol. The maximum atomic E-state index is 12.7. The smallest absolute Gasteiger partial charge is 0.471 e. The van der Waals surface area contributed by atoms with E-state index in [1.807, 2.05) is 0 Å². The second kappa shape index (κ2) is 12.4. The minimum absolute atomic E-state index is 0.00833. The fraction of sp³-hybridized carbons (Fsp3) is 0.300. The van der Waals surface area contributed by atoms with Crippen molar-refractivity contribution in [3.05, 3.63) is 31.6 Å². The summed E-state index contributed by atoms with van der Waals surface area (Å²) in [4.78, 5) is 22.6. The highest BCUT2D eigenvalue weighted by Crippen LogP contribution is 2.45. The predicted octanol–water partition coefficient (Wildman–Crippen LogP) is 6.45. The molecule has 204 valence electrons. The van der Waals surface area contributed by atoms with Crippen molar-refractivity contribution >= 4 is 71.0 Å². The molecule has 0 saturated carbocycles. The number of benzene rings is 2. The molecule has 0 aliphatic rings. The molecule has 37 heavy (non-hydrogen) atoms. The van der Waals surface area contributed by atoms with Gasteiger partial charge in [0, 0.05) is 23.9 Å². The van der Waals surface area contributed by atoms with Gasteiger partial charge < -0.3 is 29.6 Å². The van der Waals surface area contributed by atoms with E-state index >= 15 is 0 Å². The largest absolute Gasteiger partial charge is 0.495 e. The van der Waals surface area contributed by atoms with Crippen LogP contribution >= 0.6 is 47.8 Å². The first-order valence-corrected chi connectivity index (χ1v) is 11.9. The number of hydrogen-bond donors (Lipinski definition) is 2. The van der Waals surface area contributed by atoms with E-state index in [1.165, 1.54) is 14.2 Å². The first kappa shape index (κ1) is 30.8. The van der Waals surface area contributed by atoms with E-state index in [0.29, 0.717) is 0 Å². The fourth-order valence-corrected chi connectivity index (χ4v) is 4.49. The van der Waals surface area contributed by atoms with Crippen LogP contribution in [-0.2, 0) is 9.59 Å². The summed E-state index contributed by atoms with van der Waals surface area (Å²) in [6.07, 6.45) is -10.3. The summed E-state index contributed by atoms with van der Waals surface area (Å²) in [6.45, 7) is -0.433. The molecular weight excluding hydrogens is 718 g/mol. The van der Waals surface area contributed by atoms with Gasteiger partial charge in [-0.25, -0.2) is 0 Å². The van der Waals surface area contributed by atoms with E-state index in [2.05, 4.69) is 47.8 Å². The maximum absolute atomic E-state index is 12.7. The van der Waals surface area contributed by atoms with Crippen molar-refractivity contribution in [2.24, 2.45) is 0 Å². The van der Waals surface area contributed by atoms with Gasteiger partial charge in [-0.2, -0.15) is 26.3 Å². The van der Waals surface area contributed by atoms with E-state index in [1.54, 1.807) is 10.6 Å². The minimum Gasteiger partial charge on any atom is -0.495 e. The van der Waals surface area contributed by atoms with Crippen LogP contribution in [0.5, 0.6) is 23.0 Å². The van der Waals surface area contributed by atoms with Crippen molar-refractivity contribution in [2.45, 2.75) is 12.4 Å². The molecule has 0 aromatic heterocycles. The van der Waals surface area contributed by atoms with Crippen LogP contribution < -0.4 is 29.6 Å². The number of carbonyl (C=O) groups is 2. The van der Waals surface area contributed by atoms with Gasteiger partial charge in [0.1, 0.15) is 39.4 Å². The van der Waals surface area contributed by atoms with E-state index in [-0.39, 0.29) is 61.0 Å². The molecule has 17 heteroatoms. The third-order valence-corrected chi connectivity index (χ3v) is 6.50. The second-order valence-corrected chi connectivity index (χ2v) is 9.05. The number of rotatable bonds is 9. The number of halogens is 9. The van der Waals surface area contributed by atoms with Crippen molar-refractivity contribution in [3.63, 3.8) is 0 Å². The third-order valence-electron chi connectivity index (χ3n) is 4.18. The van der Waals surface area contributed by atoms with Crippen LogP contribution in [-0.4, -0.2) is 51.6 Å². The molecule has 0 bridgehead atoms. The second-order valence-electron chi connectivity index (χ2n) is 6.67. The summed E-state index contributed by atoms with van der Waals surface area (Å²) in [5.74, 6) is -4.37. The standard InChI is InChI=1S/C20H15Br3F6N2O6/c1-34-10-5-8(30-17(32)19(24,25)26)6-11(14(10)22)36-3-4-37-12-7-9(31-18(33)20(27,28)29)13(21)16(35-2)15(12)23/h5-7H,3-4H2,1-2H3,(H,30,32)(H,31,33). The molecule has 0 aliphatic heterocycles. The lowest BCUT2D eigenvalue weighted by Gasteiger charge is -2.18. The van der Waals surface area contributed by atoms with Crippen molar-refractivity contribution in [3.8, 4) is 23.0 Å². The summed E-state index contributed by atoms with van der Waals surface area (Å²) in [6, 6.07) is 3.35. The Bertz CT molecular complexity index is 1180. The summed E-state index contributed by atoms with van der Waals surface area (Å²) in [5.41, 5.74) is -0.553. The lowest BCUT2D eigenvalue weighted by molar-refractivity contribution is -0.167. The topological polar surface area (TPSA) is 95.1 Å². The molecule has 0 saturated heterocycles. The molecule has 0 aliphatic carbocycles. The molecular formula is C20H15Br3F6N2O6. The number of nitrogens with one attached hydrogen (secondary N) is 2. The Morgan fingerprint density at radius 3 is 1.70 bits per heavy atom. The quantitative estimate of drug-likeness (QED) is 0.228. The molecule has 0 atom stereocenters. The zero-order valence-electron chi connectivity index (χ0n) is 18.5. The summed E-state index contributed by atoms with van der Waals surface area (Å²) in [5, 5.41) is 3.39. The van der Waals surface area contributed by atoms with Gasteiger partial charge in [0.05, 0.1) is 24.4 Å². The molecule has 0 fully saturated rings. The predicted molar refractivity (Wildman–Crippen MR) is 129 cm³/mol. The van der Waals surface area contributed by atoms with Crippen LogP contribution in [0.2, 0.25) is 0 Å². The van der Waals surface area contributed by atoms with Gasteiger partial charge in [0.25, 0.3) is 0 Å². The Morgan fingerprint density at radius 2 is 1.22 bits per heavy atom. The summed E-state index contributed by atoms with van der Waals surface area (Å²) >= 11 is 9.43. The van der Waals surface area contributed by atoms with Gasteiger partial charge in [-0.3, -0.25) is 9.59 Å². The zero-order valence-corrected chi connectivity index (χ0v) is 23.3. The van der Waals surface area contributed by atoms with Crippen molar-refractivity contribution in [1.82, 2.24) is 0 Å². The Morgan fingerprint density at radius 1 is 0.730 bits per heavy atom. The Labute approximate surface area is 230 Å². The molecule has 2 aromatic rings. The first-order valence-electron chi connectivity index (χ1n) is 9.55. The van der Waals surface area contributed by atoms with Gasteiger partial charge >= 0.3 is 24.2 Å². The molecule has 2 N–H and O–H groups in total. The number of hydrogen-bond acceptors (Lipinski definition) is 6. The van der Waals surface area contributed by atoms with Gasteiger partial charge in [-0.05, 0) is 47.8 Å². The highest BCUT2D eigenvalue weighted by molar-refractivity contribution is 9.11. The van der Waals surface area contributed by atoms with Crippen LogP contribution in [0.3, 0.4) is 0 Å². The number of ether oxygens (including phenoxy) is 4. The number of alkyl halides is 6. The van der Waals surface area contributed by atoms with Gasteiger partial charge in [0.2, 0.25) is 0 Å². The average Bonchev–Trinajstić information content (AvgIpc) is 2.79. The highest BCUT2D eigenvalue weighted by atomic mass is 79.9. The van der Waals surface area contributed by atoms with Crippen LogP contribution in [0.1, 0.15) is 0 Å². The third kappa shape index (κ3) is 8.04. The zero-order chi connectivity index (χ0) is 28.1. The van der Waals surface area contributed by atoms with E-state index in [4.69, 9.17) is 18.9 Å².